The number of quaternary nitrogens is 1. The van der Waals surface area contributed by atoms with Crippen molar-refractivity contribution in [1.82, 2.24) is 0 Å². The van der Waals surface area contributed by atoms with Crippen molar-refractivity contribution in [3.05, 3.63) is 24.3 Å². The van der Waals surface area contributed by atoms with Crippen LogP contribution in [-0.2, 0) is 9.47 Å². The SMILES string of the molecule is CCOc1ccc(OCCOCC[NH+]2CCOCC2)cc1. The second kappa shape index (κ2) is 9.60. The van der Waals surface area contributed by atoms with Gasteiger partial charge in [-0.2, -0.15) is 0 Å². The van der Waals surface area contributed by atoms with Crippen molar-refractivity contribution in [2.24, 2.45) is 0 Å². The molecule has 1 aromatic carbocycles. The van der Waals surface area contributed by atoms with Gasteiger partial charge in [0.2, 0.25) is 0 Å². The van der Waals surface area contributed by atoms with Crippen LogP contribution in [0.15, 0.2) is 24.3 Å². The third-order valence-corrected chi connectivity index (χ3v) is 3.43. The van der Waals surface area contributed by atoms with E-state index >= 15 is 0 Å². The molecule has 0 aromatic heterocycles. The monoisotopic (exact) mass is 296 g/mol. The maximum atomic E-state index is 5.62. The summed E-state index contributed by atoms with van der Waals surface area (Å²) in [5, 5.41) is 0. The third kappa shape index (κ3) is 6.33. The first-order valence-corrected chi connectivity index (χ1v) is 7.73. The fourth-order valence-corrected chi connectivity index (χ4v) is 2.25. The van der Waals surface area contributed by atoms with E-state index in [4.69, 9.17) is 18.9 Å². The molecule has 0 saturated carbocycles. The molecule has 1 aromatic rings. The second-order valence-corrected chi connectivity index (χ2v) is 4.98. The Morgan fingerprint density at radius 2 is 1.62 bits per heavy atom. The highest BCUT2D eigenvalue weighted by molar-refractivity contribution is 5.31. The van der Waals surface area contributed by atoms with Crippen molar-refractivity contribution in [2.45, 2.75) is 6.92 Å². The largest absolute Gasteiger partial charge is 0.494 e. The van der Waals surface area contributed by atoms with Crippen LogP contribution in [0.5, 0.6) is 11.5 Å². The van der Waals surface area contributed by atoms with Gasteiger partial charge >= 0.3 is 0 Å². The summed E-state index contributed by atoms with van der Waals surface area (Å²) < 4.78 is 21.9. The van der Waals surface area contributed by atoms with Gasteiger partial charge in [-0.15, -0.1) is 0 Å². The minimum absolute atomic E-state index is 0.576. The summed E-state index contributed by atoms with van der Waals surface area (Å²) in [5.74, 6) is 1.72. The first kappa shape index (κ1) is 16.1. The molecule has 5 nitrogen and oxygen atoms in total. The molecule has 1 aliphatic rings. The molecule has 1 fully saturated rings. The molecule has 0 aliphatic carbocycles. The maximum Gasteiger partial charge on any atom is 0.119 e. The topological polar surface area (TPSA) is 41.4 Å². The lowest BCUT2D eigenvalue weighted by atomic mass is 10.3. The molecule has 1 saturated heterocycles. The standard InChI is InChI=1S/C16H25NO4/c1-2-20-15-3-5-16(6-4-15)21-14-13-19-12-9-17-7-10-18-11-8-17/h3-6H,2,7-14H2,1H3/p+1. The molecule has 0 amide bonds. The van der Waals surface area contributed by atoms with Crippen LogP contribution in [0.2, 0.25) is 0 Å². The van der Waals surface area contributed by atoms with E-state index in [1.54, 1.807) is 4.90 Å². The van der Waals surface area contributed by atoms with Gasteiger partial charge in [-0.05, 0) is 31.2 Å². The molecule has 1 aliphatic heterocycles. The summed E-state index contributed by atoms with van der Waals surface area (Å²) in [6, 6.07) is 7.68. The Hall–Kier alpha value is -1.30. The van der Waals surface area contributed by atoms with Crippen LogP contribution < -0.4 is 14.4 Å². The highest BCUT2D eigenvalue weighted by Gasteiger charge is 2.12. The average Bonchev–Trinajstić information content (AvgIpc) is 2.53. The van der Waals surface area contributed by atoms with Crippen molar-refractivity contribution in [3.63, 3.8) is 0 Å². The maximum absolute atomic E-state index is 5.62. The lowest BCUT2D eigenvalue weighted by Gasteiger charge is -2.23. The molecule has 1 N–H and O–H groups in total. The normalized spacial score (nSPS) is 15.9. The van der Waals surface area contributed by atoms with Gasteiger partial charge in [-0.1, -0.05) is 0 Å². The van der Waals surface area contributed by atoms with Crippen molar-refractivity contribution in [2.75, 3.05) is 59.3 Å². The third-order valence-electron chi connectivity index (χ3n) is 3.43. The molecule has 0 bridgehead atoms. The second-order valence-electron chi connectivity index (χ2n) is 4.98. The predicted octanol–water partition coefficient (Wildman–Crippen LogP) is 0.396. The Bertz CT molecular complexity index is 376. The molecule has 118 valence electrons. The molecule has 0 spiro atoms. The van der Waals surface area contributed by atoms with E-state index in [9.17, 15) is 0 Å². The van der Waals surface area contributed by atoms with Gasteiger partial charge < -0.3 is 23.8 Å². The minimum Gasteiger partial charge on any atom is -0.494 e. The number of rotatable bonds is 9. The van der Waals surface area contributed by atoms with Crippen LogP contribution in [0.25, 0.3) is 0 Å². The van der Waals surface area contributed by atoms with E-state index < -0.39 is 0 Å². The molecule has 0 atom stereocenters. The van der Waals surface area contributed by atoms with Crippen molar-refractivity contribution in [3.8, 4) is 11.5 Å². The Morgan fingerprint density at radius 1 is 0.952 bits per heavy atom. The van der Waals surface area contributed by atoms with E-state index in [1.807, 2.05) is 31.2 Å². The minimum atomic E-state index is 0.576. The van der Waals surface area contributed by atoms with E-state index in [1.165, 1.54) is 0 Å². The van der Waals surface area contributed by atoms with Gasteiger partial charge in [-0.25, -0.2) is 0 Å². The zero-order valence-electron chi connectivity index (χ0n) is 12.8. The van der Waals surface area contributed by atoms with Crippen molar-refractivity contribution >= 4 is 0 Å². The van der Waals surface area contributed by atoms with E-state index in [0.29, 0.717) is 19.8 Å². The van der Waals surface area contributed by atoms with Gasteiger partial charge in [0.05, 0.1) is 33.0 Å². The van der Waals surface area contributed by atoms with Crippen molar-refractivity contribution in [1.29, 1.82) is 0 Å². The highest BCUT2D eigenvalue weighted by atomic mass is 16.5. The molecule has 5 heteroatoms. The lowest BCUT2D eigenvalue weighted by Crippen LogP contribution is -3.14. The van der Waals surface area contributed by atoms with Gasteiger partial charge in [0.1, 0.15) is 37.7 Å². The number of hydrogen-bond acceptors (Lipinski definition) is 4. The van der Waals surface area contributed by atoms with Crippen LogP contribution in [0, 0.1) is 0 Å². The number of morpholine rings is 1. The molecule has 1 heterocycles. The Kier molecular flexibility index (Phi) is 7.35. The Labute approximate surface area is 126 Å². The van der Waals surface area contributed by atoms with Crippen LogP contribution in [-0.4, -0.2) is 59.3 Å². The zero-order valence-corrected chi connectivity index (χ0v) is 12.8. The first-order chi connectivity index (χ1) is 10.4. The number of ether oxygens (including phenoxy) is 4. The number of nitrogens with one attached hydrogen (secondary N) is 1. The molecular weight excluding hydrogens is 270 g/mol. The number of hydrogen-bond donors (Lipinski definition) is 1. The summed E-state index contributed by atoms with van der Waals surface area (Å²) in [4.78, 5) is 1.56. The smallest absolute Gasteiger partial charge is 0.119 e. The summed E-state index contributed by atoms with van der Waals surface area (Å²) in [6.45, 7) is 9.60. The lowest BCUT2D eigenvalue weighted by molar-refractivity contribution is -0.908. The van der Waals surface area contributed by atoms with Gasteiger partial charge in [0, 0.05) is 0 Å². The summed E-state index contributed by atoms with van der Waals surface area (Å²) in [6.07, 6.45) is 0. The van der Waals surface area contributed by atoms with Gasteiger partial charge in [0.25, 0.3) is 0 Å². The average molecular weight is 296 g/mol. The molecular formula is C16H26NO4+. The number of benzene rings is 1. The van der Waals surface area contributed by atoms with E-state index in [2.05, 4.69) is 0 Å². The molecule has 0 radical (unpaired) electrons. The fourth-order valence-electron chi connectivity index (χ4n) is 2.25. The van der Waals surface area contributed by atoms with Crippen LogP contribution in [0.1, 0.15) is 6.92 Å². The quantitative estimate of drug-likeness (QED) is 0.670. The Morgan fingerprint density at radius 3 is 2.29 bits per heavy atom. The van der Waals surface area contributed by atoms with E-state index in [-0.39, 0.29) is 0 Å². The molecule has 21 heavy (non-hydrogen) atoms. The molecule has 2 rings (SSSR count). The highest BCUT2D eigenvalue weighted by Crippen LogP contribution is 2.17. The first-order valence-electron chi connectivity index (χ1n) is 7.73. The predicted molar refractivity (Wildman–Crippen MR) is 80.3 cm³/mol. The van der Waals surface area contributed by atoms with Crippen LogP contribution in [0.4, 0.5) is 0 Å². The van der Waals surface area contributed by atoms with Gasteiger partial charge in [-0.3, -0.25) is 0 Å². The van der Waals surface area contributed by atoms with E-state index in [0.717, 1.165) is 51.0 Å². The van der Waals surface area contributed by atoms with Crippen LogP contribution in [0.3, 0.4) is 0 Å². The van der Waals surface area contributed by atoms with Crippen molar-refractivity contribution < 1.29 is 23.8 Å². The molecule has 0 unspecified atom stereocenters. The fraction of sp³-hybridized carbons (Fsp3) is 0.625. The van der Waals surface area contributed by atoms with Gasteiger partial charge in [0.15, 0.2) is 0 Å². The van der Waals surface area contributed by atoms with Crippen LogP contribution >= 0.6 is 0 Å². The Balaban J connectivity index is 1.51. The summed E-state index contributed by atoms with van der Waals surface area (Å²) in [5.41, 5.74) is 0. The summed E-state index contributed by atoms with van der Waals surface area (Å²) >= 11 is 0. The summed E-state index contributed by atoms with van der Waals surface area (Å²) in [7, 11) is 0. The zero-order chi connectivity index (χ0) is 14.8.